The third kappa shape index (κ3) is 9.46. The smallest absolute Gasteiger partial charge is 0.301 e. The fourth-order valence-electron chi connectivity index (χ4n) is 1.13. The molecule has 0 saturated carbocycles. The van der Waals surface area contributed by atoms with Gasteiger partial charge in [0.2, 0.25) is 0 Å². The maximum atomic E-state index is 10.1. The molecular formula is C8H19O4PS2Zn. The summed E-state index contributed by atoms with van der Waals surface area (Å²) in [4.78, 5) is 8.26. The van der Waals surface area contributed by atoms with Crippen LogP contribution in [-0.2, 0) is 29.6 Å². The van der Waals surface area contributed by atoms with Gasteiger partial charge in [-0.3, -0.25) is 0 Å². The molecule has 8 heteroatoms. The Morgan fingerprint density at radius 3 is 1.75 bits per heavy atom. The second kappa shape index (κ2) is 9.37. The minimum atomic E-state index is -3.62. The molecule has 2 unspecified atom stereocenters. The maximum absolute atomic E-state index is 10.1. The monoisotopic (exact) mass is 338 g/mol. The van der Waals surface area contributed by atoms with Crippen LogP contribution in [0.1, 0.15) is 40.5 Å². The summed E-state index contributed by atoms with van der Waals surface area (Å²) in [5.41, 5.74) is 0. The van der Waals surface area contributed by atoms with Crippen LogP contribution in [0.3, 0.4) is 0 Å². The molecule has 16 heavy (non-hydrogen) atoms. The molecule has 0 spiro atoms. The minimum Gasteiger partial charge on any atom is -0.301 e. The number of phosphoric acid groups is 1. The molecule has 1 N–H and O–H groups in total. The Hall–Kier alpha value is 1.43. The van der Waals surface area contributed by atoms with Gasteiger partial charge in [0.1, 0.15) is 22.1 Å². The van der Waals surface area contributed by atoms with E-state index in [2.05, 4.69) is 35.6 Å². The van der Waals surface area contributed by atoms with Gasteiger partial charge in [-0.05, 0) is 0 Å². The predicted octanol–water partition coefficient (Wildman–Crippen LogP) is 4.85. The molecule has 1 aliphatic rings. The average Bonchev–Trinajstić information content (AvgIpc) is 2.63. The van der Waals surface area contributed by atoms with E-state index in [0.29, 0.717) is 0 Å². The van der Waals surface area contributed by atoms with Crippen LogP contribution in [-0.4, -0.2) is 4.89 Å². The summed E-state index contributed by atoms with van der Waals surface area (Å²) >= 11 is 1.38. The van der Waals surface area contributed by atoms with Crippen LogP contribution >= 0.6 is 30.0 Å². The van der Waals surface area contributed by atoms with Gasteiger partial charge in [0, 0.05) is 0 Å². The van der Waals surface area contributed by atoms with Crippen LogP contribution in [0, 0.1) is 0 Å². The summed E-state index contributed by atoms with van der Waals surface area (Å²) in [6.45, 7) is 9.48. The summed E-state index contributed by atoms with van der Waals surface area (Å²) < 4.78 is 20.5. The van der Waals surface area contributed by atoms with Crippen LogP contribution in [0.25, 0.3) is 0 Å². The Morgan fingerprint density at radius 2 is 1.56 bits per heavy atom. The van der Waals surface area contributed by atoms with Gasteiger partial charge in [-0.2, -0.15) is 0 Å². The second-order valence-corrected chi connectivity index (χ2v) is 14.1. The fourth-order valence-corrected chi connectivity index (χ4v) is 8.38. The van der Waals surface area contributed by atoms with Crippen molar-refractivity contribution in [1.29, 1.82) is 0 Å². The fraction of sp³-hybridized carbons (Fsp3) is 1.00. The molecule has 0 amide bonds. The molecule has 0 aromatic carbocycles. The van der Waals surface area contributed by atoms with Crippen molar-refractivity contribution >= 4 is 30.0 Å². The Kier molecular flexibility index (Phi) is 10.2. The van der Waals surface area contributed by atoms with E-state index < -0.39 is 7.82 Å². The van der Waals surface area contributed by atoms with E-state index in [1.165, 1.54) is 12.8 Å². The first-order valence-electron chi connectivity index (χ1n) is 5.45. The van der Waals surface area contributed by atoms with E-state index in [0.717, 1.165) is 31.2 Å². The summed E-state index contributed by atoms with van der Waals surface area (Å²) in [5.74, 6) is 0. The molecule has 1 heterocycles. The van der Waals surface area contributed by atoms with Crippen molar-refractivity contribution in [3.63, 3.8) is 0 Å². The van der Waals surface area contributed by atoms with Gasteiger partial charge in [0.25, 0.3) is 0 Å². The molecule has 1 saturated heterocycles. The zero-order valence-corrected chi connectivity index (χ0v) is 15.7. The summed E-state index contributed by atoms with van der Waals surface area (Å²) in [7, 11) is -3.62. The van der Waals surface area contributed by atoms with Gasteiger partial charge in [0.15, 0.2) is 0 Å². The zero-order chi connectivity index (χ0) is 12.6. The normalized spacial score (nSPS) is 21.6. The first kappa shape index (κ1) is 17.4. The molecule has 0 bridgehead atoms. The molecule has 0 aromatic heterocycles. The summed E-state index contributed by atoms with van der Waals surface area (Å²) in [6, 6.07) is 0. The van der Waals surface area contributed by atoms with E-state index in [1.807, 2.05) is 0 Å². The minimum absolute atomic E-state index is 0.142. The Labute approximate surface area is 114 Å². The van der Waals surface area contributed by atoms with E-state index >= 15 is 0 Å². The van der Waals surface area contributed by atoms with Crippen LogP contribution < -0.4 is 0 Å². The molecule has 2 atom stereocenters. The van der Waals surface area contributed by atoms with E-state index in [4.69, 9.17) is 4.89 Å². The molecule has 94 valence electrons. The zero-order valence-electron chi connectivity index (χ0n) is 10.2. The molecule has 1 rings (SSSR count). The molecule has 0 radical (unpaired) electrons. The average molecular weight is 340 g/mol. The summed E-state index contributed by atoms with van der Waals surface area (Å²) in [5, 5.41) is 0. The molecule has 0 aromatic rings. The van der Waals surface area contributed by atoms with E-state index in [-0.39, 0.29) is 17.1 Å². The number of rotatable bonds is 4. The first-order chi connectivity index (χ1) is 7.41. The third-order valence-corrected chi connectivity index (χ3v) is 11.6. The van der Waals surface area contributed by atoms with E-state index in [1.54, 1.807) is 0 Å². The van der Waals surface area contributed by atoms with Crippen molar-refractivity contribution < 1.29 is 34.5 Å². The van der Waals surface area contributed by atoms with E-state index in [9.17, 15) is 4.57 Å². The van der Waals surface area contributed by atoms with Crippen molar-refractivity contribution in [2.24, 2.45) is 0 Å². The SMILES string of the molecule is CC[CH](C)[Zn][CH](C)CC.O=P1(O)OSSO1. The Balaban J connectivity index is 0.000000288. The van der Waals surface area contributed by atoms with Crippen molar-refractivity contribution in [2.75, 3.05) is 0 Å². The quantitative estimate of drug-likeness (QED) is 0.342. The van der Waals surface area contributed by atoms with Crippen LogP contribution in [0.5, 0.6) is 0 Å². The van der Waals surface area contributed by atoms with Crippen LogP contribution in [0.2, 0.25) is 9.02 Å². The third-order valence-electron chi connectivity index (χ3n) is 2.48. The van der Waals surface area contributed by atoms with Gasteiger partial charge < -0.3 is 4.89 Å². The number of hydrogen-bond donors (Lipinski definition) is 1. The molecule has 0 aliphatic carbocycles. The van der Waals surface area contributed by atoms with Crippen molar-refractivity contribution in [1.82, 2.24) is 0 Å². The number of hydrogen-bond acceptors (Lipinski definition) is 5. The molecule has 1 aliphatic heterocycles. The first-order valence-corrected chi connectivity index (χ1v) is 12.4. The molecular weight excluding hydrogens is 321 g/mol. The van der Waals surface area contributed by atoms with Gasteiger partial charge >= 0.3 is 74.5 Å². The van der Waals surface area contributed by atoms with Crippen molar-refractivity contribution in [2.45, 2.75) is 49.6 Å². The van der Waals surface area contributed by atoms with Gasteiger partial charge in [-0.1, -0.05) is 0 Å². The van der Waals surface area contributed by atoms with Crippen LogP contribution in [0.4, 0.5) is 0 Å². The largest absolute Gasteiger partial charge is 0.496 e. The second-order valence-electron chi connectivity index (χ2n) is 4.02. The molecule has 1 fully saturated rings. The van der Waals surface area contributed by atoms with Gasteiger partial charge in [-0.15, -0.1) is 0 Å². The van der Waals surface area contributed by atoms with Crippen molar-refractivity contribution in [3.05, 3.63) is 0 Å². The van der Waals surface area contributed by atoms with Crippen molar-refractivity contribution in [3.8, 4) is 0 Å². The Morgan fingerprint density at radius 1 is 1.19 bits per heavy atom. The summed E-state index contributed by atoms with van der Waals surface area (Å²) in [6.07, 6.45) is 2.84. The van der Waals surface area contributed by atoms with Gasteiger partial charge in [0.05, 0.1) is 0 Å². The standard InChI is InChI=1S/2C4H9.HO4PS2.Zn/c2*1-3-4-2;1-5(2)3-6-7-4-5;/h2*3H,4H2,1-2H3;(H,1,2);. The topological polar surface area (TPSA) is 55.8 Å². The Bertz CT molecular complexity index is 214. The van der Waals surface area contributed by atoms with Crippen LogP contribution in [0.15, 0.2) is 0 Å². The predicted molar refractivity (Wildman–Crippen MR) is 66.6 cm³/mol. The maximum Gasteiger partial charge on any atom is 0.496 e. The molecule has 4 nitrogen and oxygen atoms in total. The van der Waals surface area contributed by atoms with Gasteiger partial charge in [-0.25, -0.2) is 12.5 Å².